The second kappa shape index (κ2) is 8.50. The van der Waals surface area contributed by atoms with Crippen LogP contribution in [-0.2, 0) is 10.1 Å². The van der Waals surface area contributed by atoms with Gasteiger partial charge < -0.3 is 5.73 Å². The second-order valence-corrected chi connectivity index (χ2v) is 8.89. The van der Waals surface area contributed by atoms with Crippen LogP contribution >= 0.6 is 0 Å². The molecule has 0 aliphatic rings. The number of rotatable bonds is 5. The number of azo groups is 1. The third-order valence-electron chi connectivity index (χ3n) is 5.22. The molecular weight excluding hydrogens is 452 g/mol. The van der Waals surface area contributed by atoms with Crippen molar-refractivity contribution in [3.05, 3.63) is 91.4 Å². The maximum Gasteiger partial charge on any atom is 0.294 e. The second-order valence-electron chi connectivity index (χ2n) is 7.47. The fraction of sp³-hybridized carbons (Fsp3) is 0. The molecule has 0 saturated carbocycles. The maximum atomic E-state index is 11.4. The molecule has 0 unspecified atom stereocenters. The van der Waals surface area contributed by atoms with E-state index in [4.69, 9.17) is 5.73 Å². The van der Waals surface area contributed by atoms with E-state index in [1.165, 1.54) is 12.1 Å². The summed E-state index contributed by atoms with van der Waals surface area (Å²) in [4.78, 5) is 4.09. The molecule has 2 aromatic heterocycles. The number of fused-ring (bicyclic) bond motifs is 1. The maximum absolute atomic E-state index is 11.4. The van der Waals surface area contributed by atoms with Crippen molar-refractivity contribution in [2.45, 2.75) is 4.90 Å². The quantitative estimate of drug-likeness (QED) is 0.202. The van der Waals surface area contributed by atoms with Crippen molar-refractivity contribution < 1.29 is 13.0 Å². The Hall–Kier alpha value is -4.41. The molecule has 0 atom stereocenters. The molecule has 0 spiro atoms. The molecule has 5 aromatic rings. The number of nitrogens with two attached hydrogens (primary N) is 1. The summed E-state index contributed by atoms with van der Waals surface area (Å²) in [6.45, 7) is 0. The van der Waals surface area contributed by atoms with Gasteiger partial charge in [-0.25, -0.2) is 9.67 Å². The lowest BCUT2D eigenvalue weighted by Gasteiger charge is -2.06. The van der Waals surface area contributed by atoms with E-state index in [0.717, 1.165) is 16.9 Å². The monoisotopic (exact) mass is 470 g/mol. The minimum absolute atomic E-state index is 0.199. The number of nitrogens with zero attached hydrogens (tertiary/aromatic N) is 5. The van der Waals surface area contributed by atoms with Gasteiger partial charge in [-0.1, -0.05) is 30.3 Å². The summed E-state index contributed by atoms with van der Waals surface area (Å²) in [5.41, 5.74) is 9.42. The van der Waals surface area contributed by atoms with Gasteiger partial charge >= 0.3 is 0 Å². The molecule has 10 heteroatoms. The van der Waals surface area contributed by atoms with E-state index in [0.29, 0.717) is 27.8 Å². The van der Waals surface area contributed by atoms with Gasteiger partial charge in [0, 0.05) is 23.3 Å². The summed E-state index contributed by atoms with van der Waals surface area (Å²) in [6, 6.07) is 20.6. The van der Waals surface area contributed by atoms with Gasteiger partial charge in [0.1, 0.15) is 5.69 Å². The first-order chi connectivity index (χ1) is 16.4. The Labute approximate surface area is 195 Å². The molecule has 0 aliphatic heterocycles. The SMILES string of the molecule is Nc1ccc2cc(S(=O)(=O)O)ccc2c1N=Nc1ccc(-c2cnn(-c3ccccn3)c2)cc1. The molecule has 0 amide bonds. The Morgan fingerprint density at radius 1 is 0.912 bits per heavy atom. The van der Waals surface area contributed by atoms with E-state index in [-0.39, 0.29) is 4.90 Å². The number of pyridine rings is 1. The van der Waals surface area contributed by atoms with Crippen LogP contribution in [-0.4, -0.2) is 27.7 Å². The zero-order valence-corrected chi connectivity index (χ0v) is 18.5. The standard InChI is InChI=1S/C24H18N6O3S/c25-22-11-6-17-13-20(34(31,32)33)9-10-21(17)24(22)29-28-19-7-4-16(5-8-19)18-14-27-30(15-18)23-3-1-2-12-26-23/h1-15H,25H2,(H,31,32,33). The molecule has 0 radical (unpaired) electrons. The Morgan fingerprint density at radius 3 is 2.47 bits per heavy atom. The fourth-order valence-corrected chi connectivity index (χ4v) is 4.01. The lowest BCUT2D eigenvalue weighted by Crippen LogP contribution is -1.97. The van der Waals surface area contributed by atoms with Crippen molar-refractivity contribution in [2.24, 2.45) is 10.2 Å². The van der Waals surface area contributed by atoms with Gasteiger partial charge in [0.25, 0.3) is 10.1 Å². The number of hydrogen-bond acceptors (Lipinski definition) is 7. The summed E-state index contributed by atoms with van der Waals surface area (Å²) in [7, 11) is -4.31. The highest BCUT2D eigenvalue weighted by atomic mass is 32.2. The minimum atomic E-state index is -4.31. The lowest BCUT2D eigenvalue weighted by molar-refractivity contribution is 0.483. The van der Waals surface area contributed by atoms with Crippen molar-refractivity contribution in [2.75, 3.05) is 5.73 Å². The Bertz CT molecular complexity index is 1630. The highest BCUT2D eigenvalue weighted by Crippen LogP contribution is 2.35. The predicted octanol–water partition coefficient (Wildman–Crippen LogP) is 5.33. The molecule has 3 aromatic carbocycles. The van der Waals surface area contributed by atoms with E-state index in [1.54, 1.807) is 35.3 Å². The van der Waals surface area contributed by atoms with Gasteiger partial charge in [-0.2, -0.15) is 18.6 Å². The number of nitrogen functional groups attached to an aromatic ring is 1. The third kappa shape index (κ3) is 4.27. The number of aromatic nitrogens is 3. The highest BCUT2D eigenvalue weighted by molar-refractivity contribution is 7.85. The van der Waals surface area contributed by atoms with Crippen LogP contribution in [0.1, 0.15) is 0 Å². The van der Waals surface area contributed by atoms with Gasteiger partial charge in [-0.3, -0.25) is 4.55 Å². The molecule has 2 heterocycles. The average molecular weight is 471 g/mol. The van der Waals surface area contributed by atoms with Gasteiger partial charge in [-0.15, -0.1) is 5.11 Å². The van der Waals surface area contributed by atoms with Crippen molar-refractivity contribution in [3.8, 4) is 16.9 Å². The first kappa shape index (κ1) is 21.4. The van der Waals surface area contributed by atoms with Crippen LogP contribution in [0.4, 0.5) is 17.1 Å². The van der Waals surface area contributed by atoms with Crippen molar-refractivity contribution in [3.63, 3.8) is 0 Å². The van der Waals surface area contributed by atoms with E-state index in [1.807, 2.05) is 48.7 Å². The molecule has 9 nitrogen and oxygen atoms in total. The van der Waals surface area contributed by atoms with Crippen LogP contribution in [0.2, 0.25) is 0 Å². The average Bonchev–Trinajstić information content (AvgIpc) is 3.34. The fourth-order valence-electron chi connectivity index (χ4n) is 3.50. The van der Waals surface area contributed by atoms with Crippen molar-refractivity contribution in [1.29, 1.82) is 0 Å². The Balaban J connectivity index is 1.41. The van der Waals surface area contributed by atoms with Crippen molar-refractivity contribution in [1.82, 2.24) is 14.8 Å². The lowest BCUT2D eigenvalue weighted by atomic mass is 10.1. The summed E-state index contributed by atoms with van der Waals surface area (Å²) in [5, 5.41) is 14.2. The summed E-state index contributed by atoms with van der Waals surface area (Å²) in [5.74, 6) is 0.732. The van der Waals surface area contributed by atoms with Gasteiger partial charge in [-0.05, 0) is 53.4 Å². The highest BCUT2D eigenvalue weighted by Gasteiger charge is 2.12. The van der Waals surface area contributed by atoms with Crippen LogP contribution in [0.25, 0.3) is 27.7 Å². The molecule has 168 valence electrons. The number of benzene rings is 3. The molecule has 0 bridgehead atoms. The van der Waals surface area contributed by atoms with Gasteiger partial charge in [0.05, 0.1) is 22.5 Å². The molecule has 5 rings (SSSR count). The van der Waals surface area contributed by atoms with Crippen LogP contribution < -0.4 is 5.73 Å². The zero-order chi connectivity index (χ0) is 23.7. The molecule has 34 heavy (non-hydrogen) atoms. The van der Waals surface area contributed by atoms with E-state index >= 15 is 0 Å². The normalized spacial score (nSPS) is 11.9. The zero-order valence-electron chi connectivity index (χ0n) is 17.6. The Kier molecular flexibility index (Phi) is 5.36. The van der Waals surface area contributed by atoms with E-state index in [9.17, 15) is 13.0 Å². The first-order valence-electron chi connectivity index (χ1n) is 10.2. The topological polar surface area (TPSA) is 136 Å². The van der Waals surface area contributed by atoms with Crippen LogP contribution in [0, 0.1) is 0 Å². The third-order valence-corrected chi connectivity index (χ3v) is 6.07. The largest absolute Gasteiger partial charge is 0.397 e. The number of anilines is 1. The van der Waals surface area contributed by atoms with E-state index < -0.39 is 10.1 Å². The Morgan fingerprint density at radius 2 is 1.74 bits per heavy atom. The molecule has 0 aliphatic carbocycles. The van der Waals surface area contributed by atoms with E-state index in [2.05, 4.69) is 20.3 Å². The molecule has 0 saturated heterocycles. The number of hydrogen-bond donors (Lipinski definition) is 2. The van der Waals surface area contributed by atoms with Gasteiger partial charge in [0.15, 0.2) is 5.82 Å². The van der Waals surface area contributed by atoms with Crippen molar-refractivity contribution >= 4 is 38.0 Å². The molecule has 3 N–H and O–H groups in total. The summed E-state index contributed by atoms with van der Waals surface area (Å²) in [6.07, 6.45) is 5.38. The van der Waals surface area contributed by atoms with Crippen LogP contribution in [0.5, 0.6) is 0 Å². The van der Waals surface area contributed by atoms with Crippen LogP contribution in [0.3, 0.4) is 0 Å². The summed E-state index contributed by atoms with van der Waals surface area (Å²) < 4.78 is 33.8. The first-order valence-corrected chi connectivity index (χ1v) is 11.6. The predicted molar refractivity (Wildman–Crippen MR) is 129 cm³/mol. The molecule has 0 fully saturated rings. The van der Waals surface area contributed by atoms with Gasteiger partial charge in [0.2, 0.25) is 0 Å². The van der Waals surface area contributed by atoms with Crippen LogP contribution in [0.15, 0.2) is 107 Å². The summed E-state index contributed by atoms with van der Waals surface area (Å²) >= 11 is 0. The molecular formula is C24H18N6O3S. The smallest absolute Gasteiger partial charge is 0.294 e. The minimum Gasteiger partial charge on any atom is -0.397 e.